The summed E-state index contributed by atoms with van der Waals surface area (Å²) in [4.78, 5) is 0.311. The number of aliphatic hydroxyl groups excluding tert-OH is 1. The molecule has 6 heteroatoms. The van der Waals surface area contributed by atoms with Crippen LogP contribution in [0.1, 0.15) is 26.2 Å². The molecule has 1 aromatic rings. The maximum Gasteiger partial charge on any atom is 0.180 e. The lowest BCUT2D eigenvalue weighted by Gasteiger charge is -2.37. The first-order valence-electron chi connectivity index (χ1n) is 7.31. The van der Waals surface area contributed by atoms with E-state index in [0.717, 1.165) is 0 Å². The molecular formula is C15H23NO4S. The minimum absolute atomic E-state index is 0.0431. The molecule has 0 aliphatic carbocycles. The van der Waals surface area contributed by atoms with E-state index in [4.69, 9.17) is 4.74 Å². The Morgan fingerprint density at radius 2 is 1.95 bits per heavy atom. The van der Waals surface area contributed by atoms with Crippen molar-refractivity contribution in [1.82, 2.24) is 0 Å². The largest absolute Gasteiger partial charge is 0.394 e. The number of hydrogen-bond donors (Lipinski definition) is 2. The molecule has 1 aliphatic rings. The molecule has 0 atom stereocenters. The highest BCUT2D eigenvalue weighted by Crippen LogP contribution is 2.30. The van der Waals surface area contributed by atoms with Gasteiger partial charge in [0, 0.05) is 13.2 Å². The van der Waals surface area contributed by atoms with Gasteiger partial charge < -0.3 is 15.2 Å². The van der Waals surface area contributed by atoms with Gasteiger partial charge in [0.05, 0.1) is 28.5 Å². The van der Waals surface area contributed by atoms with Crippen LogP contribution in [0.2, 0.25) is 0 Å². The zero-order valence-electron chi connectivity index (χ0n) is 12.3. The summed E-state index contributed by atoms with van der Waals surface area (Å²) in [6, 6.07) is 6.91. The van der Waals surface area contributed by atoms with Crippen LogP contribution in [0.5, 0.6) is 0 Å². The summed E-state index contributed by atoms with van der Waals surface area (Å²) in [6.45, 7) is 2.94. The van der Waals surface area contributed by atoms with Crippen molar-refractivity contribution in [3.05, 3.63) is 24.3 Å². The number of nitrogens with one attached hydrogen (secondary N) is 1. The van der Waals surface area contributed by atoms with E-state index in [0.29, 0.717) is 43.1 Å². The molecule has 1 aliphatic heterocycles. The van der Waals surface area contributed by atoms with Gasteiger partial charge in [0.2, 0.25) is 0 Å². The van der Waals surface area contributed by atoms with Gasteiger partial charge in [-0.25, -0.2) is 8.42 Å². The highest BCUT2D eigenvalue weighted by atomic mass is 32.2. The van der Waals surface area contributed by atoms with Gasteiger partial charge in [-0.3, -0.25) is 0 Å². The van der Waals surface area contributed by atoms with Gasteiger partial charge in [0.25, 0.3) is 0 Å². The van der Waals surface area contributed by atoms with E-state index < -0.39 is 15.4 Å². The van der Waals surface area contributed by atoms with Crippen LogP contribution in [-0.2, 0) is 14.6 Å². The quantitative estimate of drug-likeness (QED) is 0.838. The van der Waals surface area contributed by atoms with E-state index in [-0.39, 0.29) is 12.4 Å². The summed E-state index contributed by atoms with van der Waals surface area (Å²) in [5.74, 6) is 0.126. The molecular weight excluding hydrogens is 290 g/mol. The molecule has 1 saturated heterocycles. The summed E-state index contributed by atoms with van der Waals surface area (Å²) in [6.07, 6.45) is 1.90. The van der Waals surface area contributed by atoms with E-state index in [1.54, 1.807) is 24.3 Å². The molecule has 1 fully saturated rings. The SMILES string of the molecule is CCCS(=O)(=O)c1ccccc1NC1(CO)CCOCC1. The standard InChI is InChI=1S/C15H23NO4S/c1-2-11-21(18,19)14-6-4-3-5-13(14)16-15(12-17)7-9-20-10-8-15/h3-6,16-17H,2,7-12H2,1H3. The summed E-state index contributed by atoms with van der Waals surface area (Å²) in [5.41, 5.74) is 0.0673. The van der Waals surface area contributed by atoms with Gasteiger partial charge in [-0.2, -0.15) is 0 Å². The highest BCUT2D eigenvalue weighted by molar-refractivity contribution is 7.91. The van der Waals surface area contributed by atoms with Gasteiger partial charge in [-0.1, -0.05) is 19.1 Å². The third-order valence-corrected chi connectivity index (χ3v) is 5.82. The van der Waals surface area contributed by atoms with Crippen LogP contribution in [0.3, 0.4) is 0 Å². The number of rotatable bonds is 6. The number of aliphatic hydroxyl groups is 1. The summed E-state index contributed by atoms with van der Waals surface area (Å²) in [5, 5.41) is 13.0. The van der Waals surface area contributed by atoms with Gasteiger partial charge in [-0.05, 0) is 31.4 Å². The first-order valence-corrected chi connectivity index (χ1v) is 8.97. The van der Waals surface area contributed by atoms with Gasteiger partial charge >= 0.3 is 0 Å². The molecule has 21 heavy (non-hydrogen) atoms. The number of sulfone groups is 1. The lowest BCUT2D eigenvalue weighted by molar-refractivity contribution is 0.0379. The van der Waals surface area contributed by atoms with Gasteiger partial charge in [-0.15, -0.1) is 0 Å². The summed E-state index contributed by atoms with van der Waals surface area (Å²) >= 11 is 0. The molecule has 1 heterocycles. The Morgan fingerprint density at radius 3 is 2.57 bits per heavy atom. The number of benzene rings is 1. The monoisotopic (exact) mass is 313 g/mol. The van der Waals surface area contributed by atoms with Crippen molar-refractivity contribution < 1.29 is 18.3 Å². The minimum Gasteiger partial charge on any atom is -0.394 e. The summed E-state index contributed by atoms with van der Waals surface area (Å²) < 4.78 is 30.1. The Kier molecular flexibility index (Phi) is 5.24. The Balaban J connectivity index is 2.32. The fourth-order valence-corrected chi connectivity index (χ4v) is 4.09. The zero-order chi connectivity index (χ0) is 15.3. The average Bonchev–Trinajstić information content (AvgIpc) is 2.48. The maximum atomic E-state index is 12.4. The van der Waals surface area contributed by atoms with Crippen LogP contribution >= 0.6 is 0 Å². The molecule has 0 saturated carbocycles. The van der Waals surface area contributed by atoms with Crippen LogP contribution in [0.4, 0.5) is 5.69 Å². The van der Waals surface area contributed by atoms with Crippen molar-refractivity contribution in [2.24, 2.45) is 0 Å². The molecule has 0 radical (unpaired) electrons. The van der Waals surface area contributed by atoms with Gasteiger partial charge in [0.1, 0.15) is 0 Å². The molecule has 0 amide bonds. The third-order valence-electron chi connectivity index (χ3n) is 3.85. The van der Waals surface area contributed by atoms with Crippen molar-refractivity contribution in [3.63, 3.8) is 0 Å². The second-order valence-electron chi connectivity index (χ2n) is 5.49. The van der Waals surface area contributed by atoms with Crippen LogP contribution in [0, 0.1) is 0 Å². The Bertz CT molecular complexity index is 565. The number of hydrogen-bond acceptors (Lipinski definition) is 5. The van der Waals surface area contributed by atoms with Crippen molar-refractivity contribution in [2.75, 3.05) is 30.9 Å². The fourth-order valence-electron chi connectivity index (χ4n) is 2.59. The second kappa shape index (κ2) is 6.77. The van der Waals surface area contributed by atoms with E-state index in [9.17, 15) is 13.5 Å². The minimum atomic E-state index is -3.30. The Labute approximate surface area is 126 Å². The van der Waals surface area contributed by atoms with E-state index in [2.05, 4.69) is 5.32 Å². The van der Waals surface area contributed by atoms with Crippen LogP contribution in [0.15, 0.2) is 29.2 Å². The molecule has 5 nitrogen and oxygen atoms in total. The lowest BCUT2D eigenvalue weighted by atomic mass is 9.90. The van der Waals surface area contributed by atoms with Crippen LogP contribution < -0.4 is 5.32 Å². The number of para-hydroxylation sites is 1. The van der Waals surface area contributed by atoms with E-state index in [1.807, 2.05) is 6.92 Å². The van der Waals surface area contributed by atoms with Crippen molar-refractivity contribution in [2.45, 2.75) is 36.6 Å². The molecule has 2 rings (SSSR count). The maximum absolute atomic E-state index is 12.4. The first kappa shape index (κ1) is 16.3. The average molecular weight is 313 g/mol. The Hall–Kier alpha value is -1.11. The molecule has 0 bridgehead atoms. The van der Waals surface area contributed by atoms with Crippen molar-refractivity contribution in [3.8, 4) is 0 Å². The van der Waals surface area contributed by atoms with Crippen molar-refractivity contribution in [1.29, 1.82) is 0 Å². The van der Waals surface area contributed by atoms with E-state index in [1.165, 1.54) is 0 Å². The van der Waals surface area contributed by atoms with Crippen molar-refractivity contribution >= 4 is 15.5 Å². The predicted molar refractivity (Wildman–Crippen MR) is 82.3 cm³/mol. The van der Waals surface area contributed by atoms with Gasteiger partial charge in [0.15, 0.2) is 9.84 Å². The topological polar surface area (TPSA) is 75.6 Å². The highest BCUT2D eigenvalue weighted by Gasteiger charge is 2.33. The first-order chi connectivity index (χ1) is 10.0. The lowest BCUT2D eigenvalue weighted by Crippen LogP contribution is -2.47. The molecule has 0 unspecified atom stereocenters. The zero-order valence-corrected chi connectivity index (χ0v) is 13.2. The molecule has 2 N–H and O–H groups in total. The van der Waals surface area contributed by atoms with Crippen LogP contribution in [0.25, 0.3) is 0 Å². The van der Waals surface area contributed by atoms with Crippen LogP contribution in [-0.4, -0.2) is 44.6 Å². The predicted octanol–water partition coefficient (Wildman–Crippen LogP) is 1.82. The fraction of sp³-hybridized carbons (Fsp3) is 0.600. The molecule has 0 aromatic heterocycles. The smallest absolute Gasteiger partial charge is 0.180 e. The third kappa shape index (κ3) is 3.75. The number of anilines is 1. The molecule has 118 valence electrons. The van der Waals surface area contributed by atoms with E-state index >= 15 is 0 Å². The Morgan fingerprint density at radius 1 is 1.29 bits per heavy atom. The number of ether oxygens (including phenoxy) is 1. The molecule has 0 spiro atoms. The summed E-state index contributed by atoms with van der Waals surface area (Å²) in [7, 11) is -3.30. The normalized spacial score (nSPS) is 18.4. The second-order valence-corrected chi connectivity index (χ2v) is 7.57. The molecule has 1 aromatic carbocycles.